The van der Waals surface area contributed by atoms with Gasteiger partial charge in [-0.1, -0.05) is 0 Å². The van der Waals surface area contributed by atoms with E-state index in [1.165, 1.54) is 36.2 Å². The molecular weight excluding hydrogens is 435 g/mol. The van der Waals surface area contributed by atoms with E-state index in [4.69, 9.17) is 5.73 Å². The molecule has 3 heterocycles. The number of amides is 1. The monoisotopic (exact) mass is 464 g/mol. The molecule has 2 bridgehead atoms. The summed E-state index contributed by atoms with van der Waals surface area (Å²) in [5.41, 5.74) is 10.6. The molecule has 1 aromatic carbocycles. The number of carbonyl (C=O) groups excluding carboxylic acids is 1. The largest absolute Gasteiger partial charge is 0.397 e. The number of benzene rings is 1. The molecule has 3 N–H and O–H groups in total. The normalized spacial score (nSPS) is 24.2. The van der Waals surface area contributed by atoms with Gasteiger partial charge in [-0.3, -0.25) is 4.79 Å². The van der Waals surface area contributed by atoms with Crippen LogP contribution in [0.5, 0.6) is 0 Å². The molecule has 172 valence electrons. The lowest BCUT2D eigenvalue weighted by atomic mass is 9.87. The second-order valence-electron chi connectivity index (χ2n) is 10.1. The van der Waals surface area contributed by atoms with E-state index in [-0.39, 0.29) is 17.8 Å². The molecule has 5 nitrogen and oxygen atoms in total. The van der Waals surface area contributed by atoms with E-state index in [1.807, 2.05) is 19.1 Å². The van der Waals surface area contributed by atoms with Gasteiger partial charge < -0.3 is 16.0 Å². The summed E-state index contributed by atoms with van der Waals surface area (Å²) < 4.78 is 15.1. The minimum absolute atomic E-state index is 0.0274. The van der Waals surface area contributed by atoms with Gasteiger partial charge in [0.25, 0.3) is 5.91 Å². The second kappa shape index (κ2) is 7.97. The van der Waals surface area contributed by atoms with E-state index in [2.05, 4.69) is 21.3 Å². The lowest BCUT2D eigenvalue weighted by Gasteiger charge is -2.35. The Bertz CT molecular complexity index is 1240. The number of pyridine rings is 1. The third kappa shape index (κ3) is 3.76. The second-order valence-corrected chi connectivity index (χ2v) is 11.1. The molecule has 3 atom stereocenters. The SMILES string of the molecule is Cc1ccc2c(N)c(C(=O)N[C@H]3CCc4cc(N5CC6CCC(C6)C5)c(F)cc4C3)sc2n1. The molecule has 3 aliphatic rings. The number of hydrogen-bond acceptors (Lipinski definition) is 5. The molecule has 6 rings (SSSR count). The van der Waals surface area contributed by atoms with Crippen molar-refractivity contribution in [2.45, 2.75) is 51.5 Å². The average Bonchev–Trinajstić information content (AvgIpc) is 3.30. The molecule has 7 heteroatoms. The number of carbonyl (C=O) groups is 1. The molecule has 3 aromatic rings. The van der Waals surface area contributed by atoms with Gasteiger partial charge in [0.05, 0.1) is 11.4 Å². The summed E-state index contributed by atoms with van der Waals surface area (Å²) in [7, 11) is 0. The summed E-state index contributed by atoms with van der Waals surface area (Å²) in [6, 6.07) is 7.58. The van der Waals surface area contributed by atoms with Crippen molar-refractivity contribution in [3.63, 3.8) is 0 Å². The van der Waals surface area contributed by atoms with Crippen LogP contribution >= 0.6 is 11.3 Å². The minimum atomic E-state index is -0.164. The number of nitrogen functional groups attached to an aromatic ring is 1. The lowest BCUT2D eigenvalue weighted by Crippen LogP contribution is -2.39. The molecule has 2 aromatic heterocycles. The van der Waals surface area contributed by atoms with Crippen molar-refractivity contribution in [3.05, 3.63) is 51.8 Å². The summed E-state index contributed by atoms with van der Waals surface area (Å²) in [6.45, 7) is 3.89. The summed E-state index contributed by atoms with van der Waals surface area (Å²) in [6.07, 6.45) is 6.22. The maximum atomic E-state index is 15.1. The molecule has 1 saturated heterocycles. The number of nitrogens with zero attached hydrogens (tertiary/aromatic N) is 2. The van der Waals surface area contributed by atoms with Crippen LogP contribution in [0, 0.1) is 24.6 Å². The van der Waals surface area contributed by atoms with Crippen LogP contribution in [0.15, 0.2) is 24.3 Å². The van der Waals surface area contributed by atoms with Crippen molar-refractivity contribution in [2.24, 2.45) is 11.8 Å². The van der Waals surface area contributed by atoms with E-state index in [0.717, 1.165) is 64.9 Å². The zero-order valence-electron chi connectivity index (χ0n) is 18.9. The maximum absolute atomic E-state index is 15.1. The number of anilines is 2. The number of hydrogen-bond donors (Lipinski definition) is 2. The molecule has 0 radical (unpaired) electrons. The van der Waals surface area contributed by atoms with Crippen LogP contribution < -0.4 is 16.0 Å². The van der Waals surface area contributed by atoms with Crippen LogP contribution in [0.3, 0.4) is 0 Å². The Labute approximate surface area is 197 Å². The highest BCUT2D eigenvalue weighted by atomic mass is 32.1. The predicted octanol–water partition coefficient (Wildman–Crippen LogP) is 4.85. The first-order chi connectivity index (χ1) is 15.9. The van der Waals surface area contributed by atoms with Crippen molar-refractivity contribution < 1.29 is 9.18 Å². The summed E-state index contributed by atoms with van der Waals surface area (Å²) in [4.78, 5) is 21.1. The van der Waals surface area contributed by atoms with E-state index >= 15 is 4.39 Å². The zero-order chi connectivity index (χ0) is 22.7. The first-order valence-corrected chi connectivity index (χ1v) is 12.8. The number of thiophene rings is 1. The molecule has 1 aliphatic heterocycles. The maximum Gasteiger partial charge on any atom is 0.263 e. The Morgan fingerprint density at radius 1 is 1.18 bits per heavy atom. The Morgan fingerprint density at radius 2 is 1.97 bits per heavy atom. The summed E-state index contributed by atoms with van der Waals surface area (Å²) in [5, 5.41) is 3.97. The quantitative estimate of drug-likeness (QED) is 0.581. The van der Waals surface area contributed by atoms with Gasteiger partial charge in [0, 0.05) is 30.2 Å². The molecule has 1 saturated carbocycles. The van der Waals surface area contributed by atoms with Crippen LogP contribution in [-0.2, 0) is 12.8 Å². The fourth-order valence-corrected chi connectivity index (χ4v) is 7.09. The summed E-state index contributed by atoms with van der Waals surface area (Å²) in [5.74, 6) is 1.15. The molecule has 2 fully saturated rings. The van der Waals surface area contributed by atoms with Gasteiger partial charge >= 0.3 is 0 Å². The number of halogens is 1. The number of nitrogens with two attached hydrogens (primary N) is 1. The highest BCUT2D eigenvalue weighted by molar-refractivity contribution is 7.21. The third-order valence-corrected chi connectivity index (χ3v) is 8.83. The molecule has 33 heavy (non-hydrogen) atoms. The van der Waals surface area contributed by atoms with Crippen LogP contribution in [0.1, 0.15) is 52.2 Å². The number of nitrogens with one attached hydrogen (secondary N) is 1. The minimum Gasteiger partial charge on any atom is -0.397 e. The molecule has 2 aliphatic carbocycles. The Balaban J connectivity index is 1.18. The Morgan fingerprint density at radius 3 is 2.76 bits per heavy atom. The number of aromatic nitrogens is 1. The predicted molar refractivity (Wildman–Crippen MR) is 131 cm³/mol. The first-order valence-electron chi connectivity index (χ1n) is 12.0. The highest BCUT2D eigenvalue weighted by Gasteiger charge is 2.34. The standard InChI is InChI=1S/C26H29FN4OS/c1-14-2-7-20-23(28)24(33-26(20)29-14)25(32)30-19-6-5-17-11-22(21(27)10-18(17)9-19)31-12-15-3-4-16(8-15)13-31/h2,7,10-11,15-16,19H,3-6,8-9,12-13,28H2,1H3,(H,30,32)/t15?,16?,19-/m0/s1. The molecule has 2 unspecified atom stereocenters. The van der Waals surface area contributed by atoms with Gasteiger partial charge in [-0.2, -0.15) is 0 Å². The highest BCUT2D eigenvalue weighted by Crippen LogP contribution is 2.40. The number of fused-ring (bicyclic) bond motifs is 4. The van der Waals surface area contributed by atoms with Gasteiger partial charge in [-0.25, -0.2) is 9.37 Å². The molecule has 1 amide bonds. The van der Waals surface area contributed by atoms with Crippen molar-refractivity contribution >= 4 is 38.8 Å². The first kappa shape index (κ1) is 20.9. The fourth-order valence-electron chi connectivity index (χ4n) is 6.05. The Kier molecular flexibility index (Phi) is 5.05. The van der Waals surface area contributed by atoms with Crippen molar-refractivity contribution in [1.82, 2.24) is 10.3 Å². The third-order valence-electron chi connectivity index (χ3n) is 7.72. The van der Waals surface area contributed by atoms with Gasteiger partial charge in [-0.05, 0) is 92.7 Å². The lowest BCUT2D eigenvalue weighted by molar-refractivity contribution is 0.0938. The van der Waals surface area contributed by atoms with Crippen LogP contribution in [0.4, 0.5) is 15.8 Å². The van der Waals surface area contributed by atoms with E-state index in [9.17, 15) is 4.79 Å². The van der Waals surface area contributed by atoms with E-state index in [1.54, 1.807) is 6.07 Å². The van der Waals surface area contributed by atoms with Crippen LogP contribution in [0.25, 0.3) is 10.2 Å². The topological polar surface area (TPSA) is 71.2 Å². The fraction of sp³-hybridized carbons (Fsp3) is 0.462. The number of rotatable bonds is 3. The van der Waals surface area contributed by atoms with Gasteiger partial charge in [-0.15, -0.1) is 11.3 Å². The molecule has 0 spiro atoms. The van der Waals surface area contributed by atoms with Gasteiger partial charge in [0.1, 0.15) is 15.5 Å². The Hall–Kier alpha value is -2.67. The van der Waals surface area contributed by atoms with Crippen LogP contribution in [-0.4, -0.2) is 30.0 Å². The number of aryl methyl sites for hydroxylation is 2. The van der Waals surface area contributed by atoms with Gasteiger partial charge in [0.2, 0.25) is 0 Å². The van der Waals surface area contributed by atoms with Crippen molar-refractivity contribution in [1.29, 1.82) is 0 Å². The van der Waals surface area contributed by atoms with Crippen LogP contribution in [0.2, 0.25) is 0 Å². The van der Waals surface area contributed by atoms with Gasteiger partial charge in [0.15, 0.2) is 0 Å². The number of piperidine rings is 1. The smallest absolute Gasteiger partial charge is 0.263 e. The summed E-state index contributed by atoms with van der Waals surface area (Å²) >= 11 is 1.33. The van der Waals surface area contributed by atoms with E-state index < -0.39 is 0 Å². The molecular formula is C26H29FN4OS. The van der Waals surface area contributed by atoms with Crippen molar-refractivity contribution in [3.8, 4) is 0 Å². The zero-order valence-corrected chi connectivity index (χ0v) is 19.7. The van der Waals surface area contributed by atoms with Crippen molar-refractivity contribution in [2.75, 3.05) is 23.7 Å². The van der Waals surface area contributed by atoms with E-state index in [0.29, 0.717) is 17.0 Å². The average molecular weight is 465 g/mol.